The minimum absolute atomic E-state index is 0.198. The molecule has 24 heavy (non-hydrogen) atoms. The molecule has 3 N–H and O–H groups in total. The number of piperidine rings is 1. The highest BCUT2D eigenvalue weighted by molar-refractivity contribution is 5.99. The van der Waals surface area contributed by atoms with Gasteiger partial charge < -0.3 is 25.4 Å². The van der Waals surface area contributed by atoms with Crippen LogP contribution in [0.15, 0.2) is 18.2 Å². The second kappa shape index (κ2) is 6.38. The van der Waals surface area contributed by atoms with Crippen molar-refractivity contribution in [2.45, 2.75) is 25.9 Å². The number of carbonyl (C=O) groups excluding carboxylic acids is 2. The molecule has 0 aliphatic carbocycles. The summed E-state index contributed by atoms with van der Waals surface area (Å²) in [6.07, 6.45) is 0.690. The van der Waals surface area contributed by atoms with E-state index in [-0.39, 0.29) is 18.5 Å². The Bertz CT molecular complexity index is 690. The van der Waals surface area contributed by atoms with Crippen LogP contribution in [0, 0.1) is 5.92 Å². The molecule has 0 bridgehead atoms. The summed E-state index contributed by atoms with van der Waals surface area (Å²) >= 11 is 0. The van der Waals surface area contributed by atoms with Gasteiger partial charge in [0, 0.05) is 18.8 Å². The smallest absolute Gasteiger partial charge is 0.321 e. The van der Waals surface area contributed by atoms with Crippen LogP contribution in [0.1, 0.15) is 19.8 Å². The summed E-state index contributed by atoms with van der Waals surface area (Å²) in [5.74, 6) is -1.10. The molecule has 0 radical (unpaired) electrons. The number of aliphatic carboxylic acids is 1. The molecule has 8 nitrogen and oxygen atoms in total. The van der Waals surface area contributed by atoms with Gasteiger partial charge in [-0.1, -0.05) is 0 Å². The van der Waals surface area contributed by atoms with E-state index in [2.05, 4.69) is 10.6 Å². The van der Waals surface area contributed by atoms with Gasteiger partial charge >= 0.3 is 12.0 Å². The molecule has 2 heterocycles. The molecule has 1 saturated heterocycles. The molecule has 0 saturated carbocycles. The molecular weight excluding hydrogens is 314 g/mol. The van der Waals surface area contributed by atoms with E-state index >= 15 is 0 Å². The number of benzene rings is 1. The maximum Gasteiger partial charge on any atom is 0.321 e. The SMILES string of the molecule is CC1Oc2ccc(NC(=O)N3CCCC(C(=O)O)C3)cc2NC1=O. The molecule has 1 fully saturated rings. The Morgan fingerprint density at radius 1 is 1.42 bits per heavy atom. The Morgan fingerprint density at radius 3 is 2.96 bits per heavy atom. The second-order valence-electron chi connectivity index (χ2n) is 6.01. The van der Waals surface area contributed by atoms with Crippen LogP contribution in [0.5, 0.6) is 5.75 Å². The molecule has 3 amide bonds. The first-order chi connectivity index (χ1) is 11.4. The number of anilines is 2. The fourth-order valence-electron chi connectivity index (χ4n) is 2.85. The van der Waals surface area contributed by atoms with Crippen molar-refractivity contribution in [2.24, 2.45) is 5.92 Å². The number of urea groups is 1. The van der Waals surface area contributed by atoms with Crippen LogP contribution in [0.25, 0.3) is 0 Å². The molecule has 2 aliphatic heterocycles. The van der Waals surface area contributed by atoms with E-state index in [4.69, 9.17) is 9.84 Å². The molecule has 0 aromatic heterocycles. The molecule has 1 aromatic rings. The van der Waals surface area contributed by atoms with E-state index in [1.165, 1.54) is 4.90 Å². The van der Waals surface area contributed by atoms with Crippen LogP contribution in [0.2, 0.25) is 0 Å². The van der Waals surface area contributed by atoms with Gasteiger partial charge in [0.2, 0.25) is 0 Å². The Hall–Kier alpha value is -2.77. The summed E-state index contributed by atoms with van der Waals surface area (Å²) in [7, 11) is 0. The number of carbonyl (C=O) groups is 3. The highest BCUT2D eigenvalue weighted by Gasteiger charge is 2.28. The number of carboxylic acids is 1. The lowest BCUT2D eigenvalue weighted by Gasteiger charge is -2.31. The first-order valence-corrected chi connectivity index (χ1v) is 7.84. The highest BCUT2D eigenvalue weighted by atomic mass is 16.5. The third-order valence-corrected chi connectivity index (χ3v) is 4.22. The van der Waals surface area contributed by atoms with Gasteiger partial charge in [0.05, 0.1) is 11.6 Å². The first kappa shape index (κ1) is 16.1. The number of nitrogens with zero attached hydrogens (tertiary/aromatic N) is 1. The average molecular weight is 333 g/mol. The monoisotopic (exact) mass is 333 g/mol. The molecule has 8 heteroatoms. The Labute approximate surface area is 138 Å². The molecule has 2 atom stereocenters. The molecule has 3 rings (SSSR count). The zero-order chi connectivity index (χ0) is 17.3. The van der Waals surface area contributed by atoms with Gasteiger partial charge in [-0.3, -0.25) is 9.59 Å². The molecule has 2 unspecified atom stereocenters. The first-order valence-electron chi connectivity index (χ1n) is 7.84. The number of likely N-dealkylation sites (tertiary alicyclic amines) is 1. The number of amides is 3. The van der Waals surface area contributed by atoms with Crippen LogP contribution in [0.4, 0.5) is 16.2 Å². The van der Waals surface area contributed by atoms with Crippen LogP contribution in [-0.4, -0.2) is 47.1 Å². The number of rotatable bonds is 2. The summed E-state index contributed by atoms with van der Waals surface area (Å²) in [4.78, 5) is 36.6. The minimum atomic E-state index is -0.879. The standard InChI is InChI=1S/C16H19N3O5/c1-9-14(20)18-12-7-11(4-5-13(12)24-9)17-16(23)19-6-2-3-10(8-19)15(21)22/h4-5,7,9-10H,2-3,6,8H2,1H3,(H,17,23)(H,18,20)(H,21,22). The third kappa shape index (κ3) is 3.27. The van der Waals surface area contributed by atoms with Gasteiger partial charge in [0.15, 0.2) is 6.10 Å². The summed E-state index contributed by atoms with van der Waals surface area (Å²) < 4.78 is 5.46. The molecule has 1 aromatic carbocycles. The van der Waals surface area contributed by atoms with Gasteiger partial charge in [0.1, 0.15) is 5.75 Å². The average Bonchev–Trinajstić information content (AvgIpc) is 2.56. The summed E-state index contributed by atoms with van der Waals surface area (Å²) in [6, 6.07) is 4.63. The molecule has 0 spiro atoms. The van der Waals surface area contributed by atoms with Crippen LogP contribution in [0.3, 0.4) is 0 Å². The largest absolute Gasteiger partial charge is 0.481 e. The van der Waals surface area contributed by atoms with Crippen molar-refractivity contribution >= 4 is 29.3 Å². The van der Waals surface area contributed by atoms with E-state index in [9.17, 15) is 14.4 Å². The molecular formula is C16H19N3O5. The van der Waals surface area contributed by atoms with Gasteiger partial charge in [-0.05, 0) is 38.0 Å². The predicted molar refractivity (Wildman–Crippen MR) is 86.1 cm³/mol. The number of nitrogens with one attached hydrogen (secondary N) is 2. The quantitative estimate of drug-likeness (QED) is 0.764. The summed E-state index contributed by atoms with van der Waals surface area (Å²) in [5.41, 5.74) is 1.01. The Kier molecular flexibility index (Phi) is 4.28. The number of hydrogen-bond acceptors (Lipinski definition) is 4. The predicted octanol–water partition coefficient (Wildman–Crippen LogP) is 1.73. The van der Waals surface area contributed by atoms with Crippen molar-refractivity contribution in [1.29, 1.82) is 0 Å². The second-order valence-corrected chi connectivity index (χ2v) is 6.01. The van der Waals surface area contributed by atoms with E-state index in [0.717, 1.165) is 0 Å². The lowest BCUT2D eigenvalue weighted by molar-refractivity contribution is -0.143. The fourth-order valence-corrected chi connectivity index (χ4v) is 2.85. The zero-order valence-electron chi connectivity index (χ0n) is 13.2. The van der Waals surface area contributed by atoms with Crippen molar-refractivity contribution in [2.75, 3.05) is 23.7 Å². The topological polar surface area (TPSA) is 108 Å². The Morgan fingerprint density at radius 2 is 2.21 bits per heavy atom. The minimum Gasteiger partial charge on any atom is -0.481 e. The van der Waals surface area contributed by atoms with Crippen molar-refractivity contribution in [3.63, 3.8) is 0 Å². The number of ether oxygens (including phenoxy) is 1. The van der Waals surface area contributed by atoms with Crippen molar-refractivity contribution in [3.8, 4) is 5.75 Å². The van der Waals surface area contributed by atoms with Crippen molar-refractivity contribution < 1.29 is 24.2 Å². The lowest BCUT2D eigenvalue weighted by atomic mass is 9.99. The van der Waals surface area contributed by atoms with Gasteiger partial charge in [-0.25, -0.2) is 4.79 Å². The van der Waals surface area contributed by atoms with Crippen LogP contribution >= 0.6 is 0 Å². The number of carboxylic acid groups (broad SMARTS) is 1. The fraction of sp³-hybridized carbons (Fsp3) is 0.438. The van der Waals surface area contributed by atoms with Crippen LogP contribution in [-0.2, 0) is 9.59 Å². The van der Waals surface area contributed by atoms with Crippen molar-refractivity contribution in [3.05, 3.63) is 18.2 Å². The Balaban J connectivity index is 1.68. The highest BCUT2D eigenvalue weighted by Crippen LogP contribution is 2.32. The third-order valence-electron chi connectivity index (χ3n) is 4.22. The number of fused-ring (bicyclic) bond motifs is 1. The van der Waals surface area contributed by atoms with Crippen LogP contribution < -0.4 is 15.4 Å². The van der Waals surface area contributed by atoms with E-state index < -0.39 is 18.0 Å². The number of hydrogen-bond donors (Lipinski definition) is 3. The van der Waals surface area contributed by atoms with E-state index in [0.29, 0.717) is 36.5 Å². The maximum atomic E-state index is 12.3. The van der Waals surface area contributed by atoms with Crippen molar-refractivity contribution in [1.82, 2.24) is 4.90 Å². The van der Waals surface area contributed by atoms with Gasteiger partial charge in [0.25, 0.3) is 5.91 Å². The zero-order valence-corrected chi connectivity index (χ0v) is 13.2. The maximum absolute atomic E-state index is 12.3. The lowest BCUT2D eigenvalue weighted by Crippen LogP contribution is -2.44. The normalized spacial score (nSPS) is 22.9. The summed E-state index contributed by atoms with van der Waals surface area (Å²) in [5, 5.41) is 14.5. The molecule has 2 aliphatic rings. The van der Waals surface area contributed by atoms with E-state index in [1.54, 1.807) is 25.1 Å². The molecule has 128 valence electrons. The van der Waals surface area contributed by atoms with E-state index in [1.807, 2.05) is 0 Å². The van der Waals surface area contributed by atoms with Gasteiger partial charge in [-0.15, -0.1) is 0 Å². The summed E-state index contributed by atoms with van der Waals surface area (Å²) in [6.45, 7) is 2.38. The van der Waals surface area contributed by atoms with Gasteiger partial charge in [-0.2, -0.15) is 0 Å².